The van der Waals surface area contributed by atoms with Gasteiger partial charge in [0.05, 0.1) is 12.9 Å². The molecule has 0 radical (unpaired) electrons. The number of hydrogen-bond acceptors (Lipinski definition) is 5. The molecule has 6 nitrogen and oxygen atoms in total. The van der Waals surface area contributed by atoms with Crippen LogP contribution in [0.15, 0.2) is 36.7 Å². The number of aromatic nitrogens is 2. The lowest BCUT2D eigenvalue weighted by Crippen LogP contribution is -2.30. The molecule has 0 aliphatic rings. The first-order valence-corrected chi connectivity index (χ1v) is 5.42. The van der Waals surface area contributed by atoms with Crippen LogP contribution in [0, 0.1) is 0 Å². The highest BCUT2D eigenvalue weighted by Crippen LogP contribution is 2.13. The van der Waals surface area contributed by atoms with Crippen LogP contribution in [0.5, 0.6) is 0 Å². The third kappa shape index (κ3) is 2.39. The number of hydrogen-bond donors (Lipinski definition) is 3. The smallest absolute Gasteiger partial charge is 0.227 e. The molecule has 1 heterocycles. The fourth-order valence-electron chi connectivity index (χ4n) is 1.63. The number of rotatable bonds is 4. The number of nitrogens with two attached hydrogens (primary N) is 2. The van der Waals surface area contributed by atoms with Crippen molar-refractivity contribution in [3.63, 3.8) is 0 Å². The van der Waals surface area contributed by atoms with Crippen molar-refractivity contribution >= 4 is 11.6 Å². The van der Waals surface area contributed by atoms with Crippen molar-refractivity contribution in [1.82, 2.24) is 9.55 Å². The quantitative estimate of drug-likeness (QED) is 0.519. The van der Waals surface area contributed by atoms with Gasteiger partial charge in [-0.15, -0.1) is 0 Å². The van der Waals surface area contributed by atoms with Gasteiger partial charge in [-0.3, -0.25) is 10.5 Å². The van der Waals surface area contributed by atoms with Crippen LogP contribution in [-0.2, 0) is 6.54 Å². The molecule has 0 fully saturated rings. The summed E-state index contributed by atoms with van der Waals surface area (Å²) in [7, 11) is 0. The lowest BCUT2D eigenvalue weighted by atomic mass is 10.2. The Bertz CT molecular complexity index is 548. The maximum Gasteiger partial charge on any atom is 0.227 e. The van der Waals surface area contributed by atoms with Gasteiger partial charge in [-0.2, -0.15) is 0 Å². The van der Waals surface area contributed by atoms with E-state index >= 15 is 0 Å². The molecule has 5 N–H and O–H groups in total. The molecule has 0 bridgehead atoms. The first-order valence-electron chi connectivity index (χ1n) is 5.42. The minimum Gasteiger partial charge on any atom is -0.383 e. The van der Waals surface area contributed by atoms with Crippen LogP contribution in [-0.4, -0.2) is 26.7 Å². The van der Waals surface area contributed by atoms with E-state index in [2.05, 4.69) is 4.98 Å². The van der Waals surface area contributed by atoms with Crippen molar-refractivity contribution in [2.45, 2.75) is 12.8 Å². The summed E-state index contributed by atoms with van der Waals surface area (Å²) in [5.41, 5.74) is 11.9. The summed E-state index contributed by atoms with van der Waals surface area (Å²) in [6.07, 6.45) is -0.134. The molecule has 1 aromatic heterocycles. The SMILES string of the molecule is Nc1c(C(=O)C(N)O)ncn1Cc1ccccc1. The largest absolute Gasteiger partial charge is 0.383 e. The first-order chi connectivity index (χ1) is 8.59. The van der Waals surface area contributed by atoms with Gasteiger partial charge in [0.1, 0.15) is 5.82 Å². The molecule has 0 aliphatic heterocycles. The summed E-state index contributed by atoms with van der Waals surface area (Å²) in [6, 6.07) is 9.63. The summed E-state index contributed by atoms with van der Waals surface area (Å²) in [5.74, 6) is -0.479. The van der Waals surface area contributed by atoms with E-state index in [1.165, 1.54) is 6.33 Å². The van der Waals surface area contributed by atoms with E-state index in [9.17, 15) is 4.79 Å². The summed E-state index contributed by atoms with van der Waals surface area (Å²) >= 11 is 0. The molecule has 6 heteroatoms. The van der Waals surface area contributed by atoms with Crippen LogP contribution >= 0.6 is 0 Å². The van der Waals surface area contributed by atoms with E-state index < -0.39 is 12.0 Å². The van der Waals surface area contributed by atoms with Crippen LogP contribution < -0.4 is 11.5 Å². The zero-order valence-electron chi connectivity index (χ0n) is 9.65. The monoisotopic (exact) mass is 246 g/mol. The number of Topliss-reactive ketones (excluding diaryl/α,β-unsaturated/α-hetero) is 1. The maximum atomic E-state index is 11.5. The van der Waals surface area contributed by atoms with Crippen molar-refractivity contribution in [1.29, 1.82) is 0 Å². The number of carbonyl (C=O) groups excluding carboxylic acids is 1. The molecule has 0 saturated carbocycles. The molecule has 0 saturated heterocycles. The van der Waals surface area contributed by atoms with E-state index in [1.54, 1.807) is 4.57 Å². The second-order valence-corrected chi connectivity index (χ2v) is 3.90. The van der Waals surface area contributed by atoms with Crippen LogP contribution in [0.2, 0.25) is 0 Å². The van der Waals surface area contributed by atoms with Gasteiger partial charge >= 0.3 is 0 Å². The van der Waals surface area contributed by atoms with Crippen molar-refractivity contribution < 1.29 is 9.90 Å². The molecule has 1 unspecified atom stereocenters. The lowest BCUT2D eigenvalue weighted by Gasteiger charge is -2.06. The first kappa shape index (κ1) is 12.3. The van der Waals surface area contributed by atoms with Gasteiger partial charge in [0, 0.05) is 0 Å². The summed E-state index contributed by atoms with van der Waals surface area (Å²) in [5, 5.41) is 9.02. The molecule has 0 amide bonds. The Labute approximate surface area is 104 Å². The van der Waals surface area contributed by atoms with Gasteiger partial charge in [-0.05, 0) is 5.56 Å². The normalized spacial score (nSPS) is 12.3. The Morgan fingerprint density at radius 3 is 2.67 bits per heavy atom. The Balaban J connectivity index is 2.24. The molecule has 1 aromatic carbocycles. The minimum atomic E-state index is -1.59. The number of nitrogens with zero attached hydrogens (tertiary/aromatic N) is 2. The van der Waals surface area contributed by atoms with Crippen molar-refractivity contribution in [2.75, 3.05) is 5.73 Å². The number of imidazole rings is 1. The number of benzene rings is 1. The highest BCUT2D eigenvalue weighted by Gasteiger charge is 2.20. The van der Waals surface area contributed by atoms with Crippen LogP contribution in [0.3, 0.4) is 0 Å². The maximum absolute atomic E-state index is 11.5. The Morgan fingerprint density at radius 2 is 2.06 bits per heavy atom. The number of anilines is 1. The van der Waals surface area contributed by atoms with Crippen LogP contribution in [0.25, 0.3) is 0 Å². The van der Waals surface area contributed by atoms with Crippen molar-refractivity contribution in [3.05, 3.63) is 47.9 Å². The molecular weight excluding hydrogens is 232 g/mol. The third-order valence-electron chi connectivity index (χ3n) is 2.58. The van der Waals surface area contributed by atoms with Gasteiger partial charge in [0.15, 0.2) is 11.9 Å². The topological polar surface area (TPSA) is 107 Å². The Morgan fingerprint density at radius 1 is 1.39 bits per heavy atom. The molecule has 2 aromatic rings. The molecule has 18 heavy (non-hydrogen) atoms. The summed E-state index contributed by atoms with van der Waals surface area (Å²) < 4.78 is 1.63. The van der Waals surface area contributed by atoms with E-state index in [0.717, 1.165) is 5.56 Å². The predicted molar refractivity (Wildman–Crippen MR) is 66.7 cm³/mol. The van der Waals surface area contributed by atoms with E-state index in [0.29, 0.717) is 6.54 Å². The van der Waals surface area contributed by atoms with E-state index in [1.807, 2.05) is 30.3 Å². The summed E-state index contributed by atoms with van der Waals surface area (Å²) in [4.78, 5) is 15.4. The van der Waals surface area contributed by atoms with Gasteiger partial charge in [0.25, 0.3) is 0 Å². The van der Waals surface area contributed by atoms with Crippen molar-refractivity contribution in [3.8, 4) is 0 Å². The number of aliphatic hydroxyl groups is 1. The summed E-state index contributed by atoms with van der Waals surface area (Å²) in [6.45, 7) is 0.508. The van der Waals surface area contributed by atoms with Gasteiger partial charge in [0.2, 0.25) is 5.78 Å². The van der Waals surface area contributed by atoms with Crippen LogP contribution in [0.1, 0.15) is 16.1 Å². The number of ketones is 1. The highest BCUT2D eigenvalue weighted by molar-refractivity contribution is 6.00. The number of nitrogen functional groups attached to an aromatic ring is 1. The lowest BCUT2D eigenvalue weighted by molar-refractivity contribution is 0.0755. The fraction of sp³-hybridized carbons (Fsp3) is 0.167. The number of carbonyl (C=O) groups is 1. The molecule has 0 aliphatic carbocycles. The Hall–Kier alpha value is -2.18. The molecular formula is C12H14N4O2. The zero-order valence-corrected chi connectivity index (χ0v) is 9.65. The fourth-order valence-corrected chi connectivity index (χ4v) is 1.63. The zero-order chi connectivity index (χ0) is 13.1. The molecule has 0 spiro atoms. The van der Waals surface area contributed by atoms with Gasteiger partial charge < -0.3 is 15.4 Å². The average molecular weight is 246 g/mol. The standard InChI is InChI=1S/C12H14N4O2/c13-11-9(10(17)12(14)18)15-7-16(11)6-8-4-2-1-3-5-8/h1-5,7,12,18H,6,13-14H2. The minimum absolute atomic E-state index is 0.000862. The molecule has 2 rings (SSSR count). The second-order valence-electron chi connectivity index (χ2n) is 3.90. The van der Waals surface area contributed by atoms with E-state index in [4.69, 9.17) is 16.6 Å². The predicted octanol–water partition coefficient (Wildman–Crippen LogP) is -0.0266. The average Bonchev–Trinajstić information content (AvgIpc) is 2.71. The van der Waals surface area contributed by atoms with Gasteiger partial charge in [-0.1, -0.05) is 30.3 Å². The third-order valence-corrected chi connectivity index (χ3v) is 2.58. The Kier molecular flexibility index (Phi) is 3.40. The van der Waals surface area contributed by atoms with E-state index in [-0.39, 0.29) is 11.5 Å². The second kappa shape index (κ2) is 4.99. The number of aliphatic hydroxyl groups excluding tert-OH is 1. The molecule has 1 atom stereocenters. The van der Waals surface area contributed by atoms with Crippen LogP contribution in [0.4, 0.5) is 5.82 Å². The van der Waals surface area contributed by atoms with Crippen molar-refractivity contribution in [2.24, 2.45) is 5.73 Å². The highest BCUT2D eigenvalue weighted by atomic mass is 16.3. The van der Waals surface area contributed by atoms with Gasteiger partial charge in [-0.25, -0.2) is 4.98 Å². The molecule has 94 valence electrons.